The number of rotatable bonds is 4. The molecule has 0 radical (unpaired) electrons. The highest BCUT2D eigenvalue weighted by molar-refractivity contribution is 5.83. The van der Waals surface area contributed by atoms with Gasteiger partial charge in [-0.3, -0.25) is 9.63 Å². The van der Waals surface area contributed by atoms with Crippen LogP contribution in [0.3, 0.4) is 0 Å². The standard InChI is InChI=1S/C23H25N3O2/c1-16-14-17(2)26(24-16)23(27)21-18(3)28-25(15-19-10-6-4-7-11-19)22(21)20-12-8-5-9-13-20/h4-14,18,21-22H,15H2,1-3H3/t18-,21-,22-/m1/s1. The Kier molecular flexibility index (Phi) is 5.11. The summed E-state index contributed by atoms with van der Waals surface area (Å²) in [5.41, 5.74) is 3.91. The summed E-state index contributed by atoms with van der Waals surface area (Å²) in [6.07, 6.45) is -0.245. The van der Waals surface area contributed by atoms with Crippen LogP contribution in [0.4, 0.5) is 0 Å². The molecule has 0 aliphatic carbocycles. The second-order valence-electron chi connectivity index (χ2n) is 7.43. The fraction of sp³-hybridized carbons (Fsp3) is 0.304. The Bertz CT molecular complexity index is 952. The maximum absolute atomic E-state index is 13.5. The lowest BCUT2D eigenvalue weighted by atomic mass is 9.89. The molecular formula is C23H25N3O2. The largest absolute Gasteiger partial charge is 0.294 e. The van der Waals surface area contributed by atoms with Crippen LogP contribution in [0.15, 0.2) is 66.7 Å². The normalized spacial score (nSPS) is 22.5. The Morgan fingerprint density at radius 1 is 1.04 bits per heavy atom. The molecule has 1 saturated heterocycles. The molecule has 0 spiro atoms. The van der Waals surface area contributed by atoms with Gasteiger partial charge in [-0.05, 0) is 38.0 Å². The van der Waals surface area contributed by atoms with Gasteiger partial charge in [-0.25, -0.2) is 4.68 Å². The zero-order valence-electron chi connectivity index (χ0n) is 16.4. The van der Waals surface area contributed by atoms with Crippen LogP contribution in [0.1, 0.15) is 40.3 Å². The molecule has 0 saturated carbocycles. The number of aromatic nitrogens is 2. The molecule has 0 amide bonds. The maximum Gasteiger partial charge on any atom is 0.254 e. The van der Waals surface area contributed by atoms with Gasteiger partial charge in [-0.1, -0.05) is 60.7 Å². The van der Waals surface area contributed by atoms with Crippen molar-refractivity contribution in [2.75, 3.05) is 0 Å². The van der Waals surface area contributed by atoms with Gasteiger partial charge in [0.2, 0.25) is 0 Å². The van der Waals surface area contributed by atoms with E-state index in [9.17, 15) is 4.79 Å². The van der Waals surface area contributed by atoms with Crippen molar-refractivity contribution in [3.63, 3.8) is 0 Å². The monoisotopic (exact) mass is 375 g/mol. The molecule has 1 aromatic heterocycles. The van der Waals surface area contributed by atoms with E-state index in [2.05, 4.69) is 29.4 Å². The zero-order chi connectivity index (χ0) is 19.7. The third kappa shape index (κ3) is 3.51. The lowest BCUT2D eigenvalue weighted by Gasteiger charge is -2.25. The van der Waals surface area contributed by atoms with Gasteiger partial charge in [0.15, 0.2) is 0 Å². The van der Waals surface area contributed by atoms with E-state index < -0.39 is 0 Å². The summed E-state index contributed by atoms with van der Waals surface area (Å²) in [5.74, 6) is -0.369. The van der Waals surface area contributed by atoms with Crippen LogP contribution in [-0.2, 0) is 11.4 Å². The van der Waals surface area contributed by atoms with Crippen molar-refractivity contribution >= 4 is 5.91 Å². The average Bonchev–Trinajstić information content (AvgIpc) is 3.21. The van der Waals surface area contributed by atoms with Gasteiger partial charge >= 0.3 is 0 Å². The van der Waals surface area contributed by atoms with Crippen molar-refractivity contribution in [1.29, 1.82) is 0 Å². The predicted octanol–water partition coefficient (Wildman–Crippen LogP) is 4.33. The minimum Gasteiger partial charge on any atom is -0.294 e. The molecule has 28 heavy (non-hydrogen) atoms. The number of hydrogen-bond donors (Lipinski definition) is 0. The molecule has 3 atom stereocenters. The summed E-state index contributed by atoms with van der Waals surface area (Å²) in [4.78, 5) is 19.7. The molecule has 5 heteroatoms. The van der Waals surface area contributed by atoms with Gasteiger partial charge in [0.25, 0.3) is 5.91 Å². The average molecular weight is 375 g/mol. The summed E-state index contributed by atoms with van der Waals surface area (Å²) in [5, 5.41) is 6.37. The van der Waals surface area contributed by atoms with Crippen molar-refractivity contribution in [3.05, 3.63) is 89.2 Å². The Morgan fingerprint density at radius 3 is 2.29 bits per heavy atom. The molecule has 3 aromatic rings. The van der Waals surface area contributed by atoms with E-state index in [0.717, 1.165) is 22.5 Å². The molecule has 1 aliphatic heterocycles. The summed E-state index contributed by atoms with van der Waals surface area (Å²) in [7, 11) is 0. The third-order valence-corrected chi connectivity index (χ3v) is 5.28. The summed E-state index contributed by atoms with van der Waals surface area (Å²) < 4.78 is 1.53. The summed E-state index contributed by atoms with van der Waals surface area (Å²) in [6.45, 7) is 6.40. The van der Waals surface area contributed by atoms with Gasteiger partial charge in [0.05, 0.1) is 23.8 Å². The minimum absolute atomic E-state index is 0.0254. The Labute approximate surface area is 165 Å². The predicted molar refractivity (Wildman–Crippen MR) is 108 cm³/mol. The molecular weight excluding hydrogens is 350 g/mol. The SMILES string of the molecule is Cc1cc(C)n(C(=O)[C@H]2[C@@H](c3ccccc3)N(Cc3ccccc3)O[C@@H]2C)n1. The van der Waals surface area contributed by atoms with E-state index in [1.54, 1.807) is 0 Å². The van der Waals surface area contributed by atoms with Gasteiger partial charge < -0.3 is 0 Å². The fourth-order valence-electron chi connectivity index (χ4n) is 4.03. The summed E-state index contributed by atoms with van der Waals surface area (Å²) >= 11 is 0. The number of hydrogen-bond acceptors (Lipinski definition) is 4. The molecule has 1 fully saturated rings. The molecule has 5 nitrogen and oxygen atoms in total. The van der Waals surface area contributed by atoms with E-state index >= 15 is 0 Å². The third-order valence-electron chi connectivity index (χ3n) is 5.28. The van der Waals surface area contributed by atoms with E-state index in [1.807, 2.05) is 68.3 Å². The topological polar surface area (TPSA) is 47.4 Å². The highest BCUT2D eigenvalue weighted by atomic mass is 16.7. The first-order chi connectivity index (χ1) is 13.5. The van der Waals surface area contributed by atoms with E-state index in [-0.39, 0.29) is 24.0 Å². The lowest BCUT2D eigenvalue weighted by molar-refractivity contribution is -0.166. The molecule has 0 unspecified atom stereocenters. The van der Waals surface area contributed by atoms with Crippen molar-refractivity contribution in [2.45, 2.75) is 39.5 Å². The van der Waals surface area contributed by atoms with Crippen LogP contribution in [0.5, 0.6) is 0 Å². The molecule has 144 valence electrons. The molecule has 4 rings (SSSR count). The Balaban J connectivity index is 1.71. The molecule has 0 N–H and O–H groups in total. The van der Waals surface area contributed by atoms with Gasteiger partial charge in [-0.15, -0.1) is 0 Å². The van der Waals surface area contributed by atoms with Crippen LogP contribution in [0.2, 0.25) is 0 Å². The number of hydroxylamine groups is 2. The first kappa shape index (κ1) is 18.6. The minimum atomic E-state index is -0.343. The van der Waals surface area contributed by atoms with Crippen LogP contribution in [0.25, 0.3) is 0 Å². The molecule has 0 bridgehead atoms. The molecule has 2 heterocycles. The number of carbonyl (C=O) groups is 1. The first-order valence-corrected chi connectivity index (χ1v) is 9.64. The van der Waals surface area contributed by atoms with Gasteiger partial charge in [-0.2, -0.15) is 10.2 Å². The van der Waals surface area contributed by atoms with Crippen LogP contribution in [-0.4, -0.2) is 26.9 Å². The highest BCUT2D eigenvalue weighted by Gasteiger charge is 2.47. The van der Waals surface area contributed by atoms with E-state index in [4.69, 9.17) is 4.84 Å². The smallest absolute Gasteiger partial charge is 0.254 e. The van der Waals surface area contributed by atoms with Gasteiger partial charge in [0.1, 0.15) is 0 Å². The Morgan fingerprint density at radius 2 is 1.68 bits per heavy atom. The number of benzene rings is 2. The van der Waals surface area contributed by atoms with Crippen molar-refractivity contribution in [3.8, 4) is 0 Å². The van der Waals surface area contributed by atoms with Crippen molar-refractivity contribution < 1.29 is 9.63 Å². The maximum atomic E-state index is 13.5. The fourth-order valence-corrected chi connectivity index (χ4v) is 4.03. The second-order valence-corrected chi connectivity index (χ2v) is 7.43. The van der Waals surface area contributed by atoms with Crippen LogP contribution in [0, 0.1) is 19.8 Å². The van der Waals surface area contributed by atoms with E-state index in [1.165, 1.54) is 4.68 Å². The quantitative estimate of drug-likeness (QED) is 0.681. The number of carbonyl (C=O) groups excluding carboxylic acids is 1. The van der Waals surface area contributed by atoms with Gasteiger partial charge in [0, 0.05) is 12.2 Å². The second kappa shape index (κ2) is 7.70. The molecule has 1 aliphatic rings. The first-order valence-electron chi connectivity index (χ1n) is 9.64. The number of nitrogens with zero attached hydrogens (tertiary/aromatic N) is 3. The Hall–Kier alpha value is -2.76. The lowest BCUT2D eigenvalue weighted by Crippen LogP contribution is -2.33. The van der Waals surface area contributed by atoms with Crippen molar-refractivity contribution in [1.82, 2.24) is 14.8 Å². The number of aryl methyl sites for hydroxylation is 2. The van der Waals surface area contributed by atoms with E-state index in [0.29, 0.717) is 6.54 Å². The van der Waals surface area contributed by atoms with Crippen LogP contribution < -0.4 is 0 Å². The zero-order valence-corrected chi connectivity index (χ0v) is 16.4. The highest BCUT2D eigenvalue weighted by Crippen LogP contribution is 2.41. The van der Waals surface area contributed by atoms with Crippen LogP contribution >= 0.6 is 0 Å². The summed E-state index contributed by atoms with van der Waals surface area (Å²) in [6, 6.07) is 22.1. The van der Waals surface area contributed by atoms with Crippen molar-refractivity contribution in [2.24, 2.45) is 5.92 Å². The molecule has 2 aromatic carbocycles.